The van der Waals surface area contributed by atoms with Gasteiger partial charge in [0.1, 0.15) is 11.1 Å². The Hall–Kier alpha value is -2.79. The number of hydrogen-bond acceptors (Lipinski definition) is 6. The lowest BCUT2D eigenvalue weighted by molar-refractivity contribution is -0.119. The van der Waals surface area contributed by atoms with E-state index in [1.807, 2.05) is 19.1 Å². The summed E-state index contributed by atoms with van der Waals surface area (Å²) >= 11 is 11.6. The van der Waals surface area contributed by atoms with Crippen LogP contribution in [0.25, 0.3) is 0 Å². The molecule has 9 nitrogen and oxygen atoms in total. The maximum absolute atomic E-state index is 13.0. The monoisotopic (exact) mass is 523 g/mol. The van der Waals surface area contributed by atoms with Gasteiger partial charge >= 0.3 is 0 Å². The Labute approximate surface area is 207 Å². The standard InChI is InChI=1S/C22H23Cl2N5O4S/c1-3-15-7-8-17(28-21(30)14(2)29-22(31)20(24)18(23)13-26-29)12-19(15)34(32,33)27-11-9-16-6-4-5-10-25-16/h4-8,10,12-14,27H,3,9,11H2,1-2H3,(H,28,30). The maximum atomic E-state index is 13.0. The number of aryl methyl sites for hydroxylation is 1. The first-order chi connectivity index (χ1) is 16.1. The Balaban J connectivity index is 1.78. The molecule has 1 aromatic carbocycles. The first-order valence-electron chi connectivity index (χ1n) is 10.4. The average Bonchev–Trinajstić information content (AvgIpc) is 2.82. The van der Waals surface area contributed by atoms with Crippen LogP contribution in [0.3, 0.4) is 0 Å². The quantitative estimate of drug-likeness (QED) is 0.443. The van der Waals surface area contributed by atoms with E-state index in [1.165, 1.54) is 19.2 Å². The molecule has 34 heavy (non-hydrogen) atoms. The van der Waals surface area contributed by atoms with Gasteiger partial charge < -0.3 is 5.32 Å². The third-order valence-electron chi connectivity index (χ3n) is 5.05. The number of anilines is 1. The molecule has 12 heteroatoms. The van der Waals surface area contributed by atoms with E-state index in [4.69, 9.17) is 23.2 Å². The van der Waals surface area contributed by atoms with Crippen LogP contribution in [-0.2, 0) is 27.7 Å². The minimum absolute atomic E-state index is 0.0175. The topological polar surface area (TPSA) is 123 Å². The highest BCUT2D eigenvalue weighted by molar-refractivity contribution is 7.89. The molecule has 0 aliphatic carbocycles. The maximum Gasteiger partial charge on any atom is 0.287 e. The van der Waals surface area contributed by atoms with E-state index in [-0.39, 0.29) is 27.2 Å². The fourth-order valence-corrected chi connectivity index (χ4v) is 4.80. The number of pyridine rings is 1. The molecule has 0 fully saturated rings. The van der Waals surface area contributed by atoms with Crippen molar-refractivity contribution in [2.75, 3.05) is 11.9 Å². The zero-order valence-corrected chi connectivity index (χ0v) is 20.8. The van der Waals surface area contributed by atoms with Crippen LogP contribution in [0.2, 0.25) is 10.0 Å². The largest absolute Gasteiger partial charge is 0.324 e. The third kappa shape index (κ3) is 6.01. The SMILES string of the molecule is CCc1ccc(NC(=O)C(C)n2ncc(Cl)c(Cl)c2=O)cc1S(=O)(=O)NCCc1ccccn1. The van der Waals surface area contributed by atoms with Crippen molar-refractivity contribution in [1.82, 2.24) is 19.5 Å². The molecule has 180 valence electrons. The van der Waals surface area contributed by atoms with E-state index < -0.39 is 27.5 Å². The lowest BCUT2D eigenvalue weighted by atomic mass is 10.1. The molecule has 0 bridgehead atoms. The van der Waals surface area contributed by atoms with Gasteiger partial charge in [0.2, 0.25) is 15.9 Å². The van der Waals surface area contributed by atoms with E-state index in [9.17, 15) is 18.0 Å². The molecule has 2 N–H and O–H groups in total. The first-order valence-corrected chi connectivity index (χ1v) is 12.6. The van der Waals surface area contributed by atoms with Gasteiger partial charge in [0.15, 0.2) is 0 Å². The fourth-order valence-electron chi connectivity index (χ4n) is 3.17. The summed E-state index contributed by atoms with van der Waals surface area (Å²) < 4.78 is 29.5. The molecule has 1 unspecified atom stereocenters. The molecule has 0 saturated heterocycles. The Morgan fingerprint density at radius 1 is 1.21 bits per heavy atom. The van der Waals surface area contributed by atoms with Gasteiger partial charge in [-0.2, -0.15) is 5.10 Å². The Morgan fingerprint density at radius 2 is 1.97 bits per heavy atom. The fraction of sp³-hybridized carbons (Fsp3) is 0.273. The van der Waals surface area contributed by atoms with Gasteiger partial charge in [0.05, 0.1) is 16.1 Å². The smallest absolute Gasteiger partial charge is 0.287 e. The predicted octanol–water partition coefficient (Wildman–Crippen LogP) is 3.23. The number of rotatable bonds is 9. The van der Waals surface area contributed by atoms with E-state index >= 15 is 0 Å². The molecule has 2 heterocycles. The molecule has 2 aromatic heterocycles. The second-order valence-corrected chi connectivity index (χ2v) is 9.89. The number of sulfonamides is 1. The summed E-state index contributed by atoms with van der Waals surface area (Å²) in [6.45, 7) is 3.47. The van der Waals surface area contributed by atoms with Crippen LogP contribution < -0.4 is 15.6 Å². The molecule has 1 atom stereocenters. The molecule has 1 amide bonds. The summed E-state index contributed by atoms with van der Waals surface area (Å²) in [5, 5.41) is 6.23. The highest BCUT2D eigenvalue weighted by atomic mass is 35.5. The summed E-state index contributed by atoms with van der Waals surface area (Å²) in [6.07, 6.45) is 3.73. The highest BCUT2D eigenvalue weighted by Crippen LogP contribution is 2.23. The summed E-state index contributed by atoms with van der Waals surface area (Å²) in [5.41, 5.74) is 0.909. The second kappa shape index (κ2) is 11.1. The van der Waals surface area contributed by atoms with Crippen molar-refractivity contribution in [3.8, 4) is 0 Å². The minimum atomic E-state index is -3.85. The van der Waals surface area contributed by atoms with Crippen LogP contribution >= 0.6 is 23.2 Å². The van der Waals surface area contributed by atoms with Crippen molar-refractivity contribution in [3.63, 3.8) is 0 Å². The van der Waals surface area contributed by atoms with Crippen LogP contribution in [0, 0.1) is 0 Å². The number of benzene rings is 1. The number of amides is 1. The van der Waals surface area contributed by atoms with Crippen molar-refractivity contribution >= 4 is 44.8 Å². The molecular formula is C22H23Cl2N5O4S. The number of aromatic nitrogens is 3. The lowest BCUT2D eigenvalue weighted by Gasteiger charge is -2.16. The van der Waals surface area contributed by atoms with Crippen LogP contribution in [-0.4, -0.2) is 35.6 Å². The molecule has 0 aliphatic heterocycles. The van der Waals surface area contributed by atoms with Crippen LogP contribution in [0.15, 0.2) is 58.5 Å². The van der Waals surface area contributed by atoms with Crippen molar-refractivity contribution in [3.05, 3.63) is 80.4 Å². The summed E-state index contributed by atoms with van der Waals surface area (Å²) in [4.78, 5) is 29.3. The van der Waals surface area contributed by atoms with Crippen LogP contribution in [0.5, 0.6) is 0 Å². The Kier molecular flexibility index (Phi) is 8.42. The number of nitrogens with zero attached hydrogens (tertiary/aromatic N) is 3. The van der Waals surface area contributed by atoms with Crippen molar-refractivity contribution in [2.24, 2.45) is 0 Å². The number of carbonyl (C=O) groups is 1. The van der Waals surface area contributed by atoms with E-state index in [2.05, 4.69) is 20.1 Å². The van der Waals surface area contributed by atoms with Gasteiger partial charge in [-0.1, -0.05) is 42.3 Å². The minimum Gasteiger partial charge on any atom is -0.324 e. The van der Waals surface area contributed by atoms with Gasteiger partial charge in [0.25, 0.3) is 5.56 Å². The van der Waals surface area contributed by atoms with Gasteiger partial charge in [0, 0.05) is 30.5 Å². The average molecular weight is 524 g/mol. The van der Waals surface area contributed by atoms with E-state index in [0.717, 1.165) is 10.4 Å². The van der Waals surface area contributed by atoms with Crippen molar-refractivity contribution in [2.45, 2.75) is 37.6 Å². The zero-order chi connectivity index (χ0) is 24.9. The highest BCUT2D eigenvalue weighted by Gasteiger charge is 2.22. The van der Waals surface area contributed by atoms with Gasteiger partial charge in [-0.05, 0) is 43.2 Å². The van der Waals surface area contributed by atoms with Gasteiger partial charge in [-0.15, -0.1) is 0 Å². The van der Waals surface area contributed by atoms with Crippen molar-refractivity contribution in [1.29, 1.82) is 0 Å². The predicted molar refractivity (Wildman–Crippen MR) is 131 cm³/mol. The molecule has 0 radical (unpaired) electrons. The molecule has 0 aliphatic rings. The molecule has 0 saturated carbocycles. The van der Waals surface area contributed by atoms with Gasteiger partial charge in [-0.25, -0.2) is 17.8 Å². The second-order valence-electron chi connectivity index (χ2n) is 7.37. The zero-order valence-electron chi connectivity index (χ0n) is 18.5. The number of nitrogens with one attached hydrogen (secondary N) is 2. The molecule has 0 spiro atoms. The van der Waals surface area contributed by atoms with E-state index in [0.29, 0.717) is 18.4 Å². The number of hydrogen-bond donors (Lipinski definition) is 2. The Morgan fingerprint density at radius 3 is 2.65 bits per heavy atom. The van der Waals surface area contributed by atoms with Crippen molar-refractivity contribution < 1.29 is 13.2 Å². The number of halogens is 2. The molecule has 3 aromatic rings. The normalized spacial score (nSPS) is 12.4. The molecule has 3 rings (SSSR count). The summed E-state index contributed by atoms with van der Waals surface area (Å²) in [5.74, 6) is -0.580. The lowest BCUT2D eigenvalue weighted by Crippen LogP contribution is -2.33. The van der Waals surface area contributed by atoms with Crippen LogP contribution in [0.4, 0.5) is 5.69 Å². The van der Waals surface area contributed by atoms with E-state index in [1.54, 1.807) is 24.4 Å². The molecular weight excluding hydrogens is 501 g/mol. The Bertz CT molecular complexity index is 1350. The van der Waals surface area contributed by atoms with Crippen LogP contribution in [0.1, 0.15) is 31.1 Å². The number of carbonyl (C=O) groups excluding carboxylic acids is 1. The summed E-state index contributed by atoms with van der Waals surface area (Å²) in [7, 11) is -3.85. The first kappa shape index (κ1) is 25.8. The third-order valence-corrected chi connectivity index (χ3v) is 7.34. The summed E-state index contributed by atoms with van der Waals surface area (Å²) in [6, 6.07) is 9.04. The van der Waals surface area contributed by atoms with Gasteiger partial charge in [-0.3, -0.25) is 14.6 Å².